The second-order valence-corrected chi connectivity index (χ2v) is 4.47. The second kappa shape index (κ2) is 5.75. The van der Waals surface area contributed by atoms with Crippen LogP contribution in [-0.2, 0) is 4.74 Å². The zero-order valence-corrected chi connectivity index (χ0v) is 11.3. The lowest BCUT2D eigenvalue weighted by atomic mass is 10.2. The van der Waals surface area contributed by atoms with Crippen LogP contribution in [0.5, 0.6) is 5.75 Å². The number of carbonyl (C=O) groups excluding carboxylic acids is 1. The Balaban J connectivity index is 2.18. The van der Waals surface area contributed by atoms with E-state index in [2.05, 4.69) is 10.3 Å². The van der Waals surface area contributed by atoms with Gasteiger partial charge in [-0.2, -0.15) is 0 Å². The molecule has 0 radical (unpaired) electrons. The lowest BCUT2D eigenvalue weighted by Gasteiger charge is -2.11. The van der Waals surface area contributed by atoms with Gasteiger partial charge in [-0.25, -0.2) is 0 Å². The van der Waals surface area contributed by atoms with Crippen LogP contribution in [0.2, 0.25) is 0 Å². The fraction of sp³-hybridized carbons (Fsp3) is 0.357. The number of benzene rings is 1. The van der Waals surface area contributed by atoms with Gasteiger partial charge < -0.3 is 19.8 Å². The van der Waals surface area contributed by atoms with Gasteiger partial charge >= 0.3 is 0 Å². The Morgan fingerprint density at radius 3 is 2.84 bits per heavy atom. The molecule has 0 aliphatic heterocycles. The Hall–Kier alpha value is -2.01. The number of hydrogen-bond donors (Lipinski definition) is 2. The van der Waals surface area contributed by atoms with E-state index in [9.17, 15) is 4.79 Å². The van der Waals surface area contributed by atoms with Crippen LogP contribution in [0.15, 0.2) is 24.3 Å². The minimum Gasteiger partial charge on any atom is -0.497 e. The average molecular weight is 262 g/mol. The highest BCUT2D eigenvalue weighted by molar-refractivity contribution is 5.98. The molecular weight excluding hydrogens is 244 g/mol. The van der Waals surface area contributed by atoms with E-state index in [1.165, 1.54) is 0 Å². The normalized spacial score (nSPS) is 12.4. The summed E-state index contributed by atoms with van der Waals surface area (Å²) in [6.07, 6.45) is 0. The van der Waals surface area contributed by atoms with Gasteiger partial charge in [-0.05, 0) is 31.2 Å². The molecule has 19 heavy (non-hydrogen) atoms. The van der Waals surface area contributed by atoms with Crippen LogP contribution >= 0.6 is 0 Å². The minimum absolute atomic E-state index is 0.0292. The van der Waals surface area contributed by atoms with Crippen LogP contribution in [0.3, 0.4) is 0 Å². The highest BCUT2D eigenvalue weighted by Crippen LogP contribution is 2.21. The molecule has 1 aromatic heterocycles. The van der Waals surface area contributed by atoms with Gasteiger partial charge in [-0.15, -0.1) is 0 Å². The van der Waals surface area contributed by atoms with Crippen molar-refractivity contribution < 1.29 is 14.3 Å². The molecule has 2 rings (SSSR count). The van der Waals surface area contributed by atoms with Crippen LogP contribution in [0, 0.1) is 0 Å². The minimum atomic E-state index is -0.139. The fourth-order valence-corrected chi connectivity index (χ4v) is 1.95. The van der Waals surface area contributed by atoms with Gasteiger partial charge in [0.25, 0.3) is 5.91 Å². The first-order valence-electron chi connectivity index (χ1n) is 6.10. The molecule has 0 spiro atoms. The van der Waals surface area contributed by atoms with Crippen LogP contribution in [-0.4, -0.2) is 37.8 Å². The van der Waals surface area contributed by atoms with Gasteiger partial charge in [0.2, 0.25) is 0 Å². The molecule has 0 saturated heterocycles. The Kier molecular flexibility index (Phi) is 4.06. The van der Waals surface area contributed by atoms with E-state index < -0.39 is 0 Å². The fourth-order valence-electron chi connectivity index (χ4n) is 1.95. The maximum absolute atomic E-state index is 12.0. The van der Waals surface area contributed by atoms with Crippen molar-refractivity contribution in [3.05, 3.63) is 30.0 Å². The lowest BCUT2D eigenvalue weighted by Crippen LogP contribution is -2.35. The number of amides is 1. The molecule has 0 unspecified atom stereocenters. The van der Waals surface area contributed by atoms with E-state index in [1.807, 2.05) is 31.2 Å². The summed E-state index contributed by atoms with van der Waals surface area (Å²) < 4.78 is 10.1. The Morgan fingerprint density at radius 1 is 1.37 bits per heavy atom. The number of hydrogen-bond acceptors (Lipinski definition) is 3. The van der Waals surface area contributed by atoms with Crippen molar-refractivity contribution in [2.24, 2.45) is 0 Å². The van der Waals surface area contributed by atoms with E-state index in [0.29, 0.717) is 12.3 Å². The van der Waals surface area contributed by atoms with Crippen LogP contribution < -0.4 is 10.1 Å². The quantitative estimate of drug-likeness (QED) is 0.865. The van der Waals surface area contributed by atoms with Crippen molar-refractivity contribution in [1.82, 2.24) is 10.3 Å². The first kappa shape index (κ1) is 13.4. The highest BCUT2D eigenvalue weighted by atomic mass is 16.5. The third kappa shape index (κ3) is 3.06. The van der Waals surface area contributed by atoms with Crippen molar-refractivity contribution in [3.8, 4) is 5.75 Å². The van der Waals surface area contributed by atoms with Gasteiger partial charge in [0.15, 0.2) is 0 Å². The summed E-state index contributed by atoms with van der Waals surface area (Å²) in [4.78, 5) is 15.1. The number of aromatic amines is 1. The third-order valence-corrected chi connectivity index (χ3v) is 2.87. The molecule has 0 bridgehead atoms. The molecule has 2 aromatic rings. The van der Waals surface area contributed by atoms with Crippen LogP contribution in [0.25, 0.3) is 10.9 Å². The van der Waals surface area contributed by atoms with Crippen molar-refractivity contribution in [3.63, 3.8) is 0 Å². The molecule has 102 valence electrons. The molecule has 2 N–H and O–H groups in total. The van der Waals surface area contributed by atoms with Gasteiger partial charge in [-0.1, -0.05) is 0 Å². The number of aromatic nitrogens is 1. The molecule has 0 aliphatic rings. The smallest absolute Gasteiger partial charge is 0.268 e. The molecule has 1 amide bonds. The first-order valence-corrected chi connectivity index (χ1v) is 6.10. The van der Waals surface area contributed by atoms with Crippen molar-refractivity contribution >= 4 is 16.8 Å². The number of H-pyrrole nitrogens is 1. The number of methoxy groups -OCH3 is 2. The zero-order valence-electron chi connectivity index (χ0n) is 11.3. The molecule has 1 aromatic carbocycles. The average Bonchev–Trinajstić information content (AvgIpc) is 2.81. The van der Waals surface area contributed by atoms with E-state index in [1.54, 1.807) is 14.2 Å². The summed E-state index contributed by atoms with van der Waals surface area (Å²) in [6, 6.07) is 7.42. The number of nitrogens with one attached hydrogen (secondary N) is 2. The highest BCUT2D eigenvalue weighted by Gasteiger charge is 2.12. The summed E-state index contributed by atoms with van der Waals surface area (Å²) in [5, 5.41) is 3.81. The van der Waals surface area contributed by atoms with Crippen LogP contribution in [0.1, 0.15) is 17.4 Å². The zero-order chi connectivity index (χ0) is 13.8. The Morgan fingerprint density at radius 2 is 2.16 bits per heavy atom. The SMILES string of the molecule is COC[C@@H](C)NC(=O)c1cc2cc(OC)ccc2[nH]1. The summed E-state index contributed by atoms with van der Waals surface area (Å²) in [6.45, 7) is 2.38. The van der Waals surface area contributed by atoms with Crippen molar-refractivity contribution in [1.29, 1.82) is 0 Å². The first-order chi connectivity index (χ1) is 9.13. The molecule has 5 nitrogen and oxygen atoms in total. The van der Waals surface area contributed by atoms with E-state index in [4.69, 9.17) is 9.47 Å². The molecule has 0 aliphatic carbocycles. The standard InChI is InChI=1S/C14H18N2O3/c1-9(8-18-2)15-14(17)13-7-10-6-11(19-3)4-5-12(10)16-13/h4-7,9,16H,8H2,1-3H3,(H,15,17)/t9-/m1/s1. The molecular formula is C14H18N2O3. The summed E-state index contributed by atoms with van der Waals surface area (Å²) in [7, 11) is 3.23. The molecule has 1 atom stereocenters. The van der Waals surface area contributed by atoms with Crippen molar-refractivity contribution in [2.75, 3.05) is 20.8 Å². The van der Waals surface area contributed by atoms with E-state index in [-0.39, 0.29) is 11.9 Å². The number of fused-ring (bicyclic) bond motifs is 1. The summed E-state index contributed by atoms with van der Waals surface area (Å²) >= 11 is 0. The van der Waals surface area contributed by atoms with Gasteiger partial charge in [0.05, 0.1) is 13.7 Å². The molecule has 0 fully saturated rings. The summed E-state index contributed by atoms with van der Waals surface area (Å²) in [5.41, 5.74) is 1.44. The Labute approximate surface area is 111 Å². The number of rotatable bonds is 5. The maximum Gasteiger partial charge on any atom is 0.268 e. The predicted octanol–water partition coefficient (Wildman–Crippen LogP) is 1.94. The third-order valence-electron chi connectivity index (χ3n) is 2.87. The second-order valence-electron chi connectivity index (χ2n) is 4.47. The maximum atomic E-state index is 12.0. The topological polar surface area (TPSA) is 63.4 Å². The van der Waals surface area contributed by atoms with Gasteiger partial charge in [-0.3, -0.25) is 4.79 Å². The molecule has 5 heteroatoms. The largest absolute Gasteiger partial charge is 0.497 e. The van der Waals surface area contributed by atoms with Crippen molar-refractivity contribution in [2.45, 2.75) is 13.0 Å². The predicted molar refractivity (Wildman–Crippen MR) is 73.7 cm³/mol. The number of carbonyl (C=O) groups is 1. The van der Waals surface area contributed by atoms with E-state index in [0.717, 1.165) is 16.7 Å². The Bertz CT molecular complexity index is 577. The van der Waals surface area contributed by atoms with Gasteiger partial charge in [0.1, 0.15) is 11.4 Å². The van der Waals surface area contributed by atoms with Crippen LogP contribution in [0.4, 0.5) is 0 Å². The van der Waals surface area contributed by atoms with E-state index >= 15 is 0 Å². The monoisotopic (exact) mass is 262 g/mol. The van der Waals surface area contributed by atoms with Gasteiger partial charge in [0, 0.05) is 24.1 Å². The number of ether oxygens (including phenoxy) is 2. The molecule has 1 heterocycles. The molecule has 0 saturated carbocycles. The lowest BCUT2D eigenvalue weighted by molar-refractivity contribution is 0.0901. The summed E-state index contributed by atoms with van der Waals surface area (Å²) in [5.74, 6) is 0.630.